The molecule has 2 saturated carbocycles. The molecular weight excluding hydrogens is 1890 g/mol. The van der Waals surface area contributed by atoms with Gasteiger partial charge in [-0.15, -0.1) is 0 Å². The Kier molecular flexibility index (Phi) is 31.2. The number of aromatic nitrogens is 12. The Labute approximate surface area is 873 Å². The molecule has 774 valence electrons. The Morgan fingerprint density at radius 2 is 0.613 bits per heavy atom. The van der Waals surface area contributed by atoms with E-state index in [0.29, 0.717) is 128 Å². The highest BCUT2D eigenvalue weighted by Crippen LogP contribution is 2.54. The predicted molar refractivity (Wildman–Crippen MR) is 585 cm³/mol. The Morgan fingerprint density at radius 1 is 0.347 bits per heavy atom. The van der Waals surface area contributed by atoms with Crippen molar-refractivity contribution in [3.63, 3.8) is 0 Å². The second-order valence-corrected chi connectivity index (χ2v) is 42.2. The molecule has 4 unspecified atom stereocenters. The van der Waals surface area contributed by atoms with Gasteiger partial charge in [0.05, 0.1) is 37.2 Å². The first kappa shape index (κ1) is 103. The van der Waals surface area contributed by atoms with Gasteiger partial charge in [0.25, 0.3) is 0 Å². The monoisotopic (exact) mass is 2030 g/mol. The van der Waals surface area contributed by atoms with E-state index in [-0.39, 0.29) is 53.1 Å². The highest BCUT2D eigenvalue weighted by molar-refractivity contribution is 6.55. The van der Waals surface area contributed by atoms with Crippen molar-refractivity contribution in [3.8, 4) is 34.5 Å². The molecule has 33 nitrogen and oxygen atoms in total. The van der Waals surface area contributed by atoms with Gasteiger partial charge in [-0.2, -0.15) is 0 Å². The number of unbranched alkanes of at least 4 members (excludes halogenated alkanes) is 1. The number of fused-ring (bicyclic) bond motifs is 18. The van der Waals surface area contributed by atoms with Gasteiger partial charge in [-0.3, -0.25) is 24.0 Å². The summed E-state index contributed by atoms with van der Waals surface area (Å²) in [5.74, 6) is 20.0. The molecule has 0 bridgehead atoms. The lowest BCUT2D eigenvalue weighted by Crippen LogP contribution is -2.44. The smallest absolute Gasteiger partial charge is 0.531 e. The molecule has 8 atom stereocenters. The number of hydrogen-bond acceptors (Lipinski definition) is 23. The van der Waals surface area contributed by atoms with Gasteiger partial charge in [0.2, 0.25) is 23.6 Å². The van der Waals surface area contributed by atoms with Gasteiger partial charge in [-0.05, 0) is 217 Å². The molecule has 6 fully saturated rings. The number of hydrogen-bond donors (Lipinski definition) is 12. The van der Waals surface area contributed by atoms with Crippen LogP contribution < -0.4 is 27.9 Å². The van der Waals surface area contributed by atoms with Crippen molar-refractivity contribution < 1.29 is 82.0 Å². The molecule has 22 heterocycles. The van der Waals surface area contributed by atoms with Crippen molar-refractivity contribution >= 4 is 172 Å². The van der Waals surface area contributed by atoms with Crippen molar-refractivity contribution in [3.05, 3.63) is 216 Å². The van der Waals surface area contributed by atoms with Crippen LogP contribution in [0.4, 0.5) is 0 Å². The number of amides is 4. The summed E-state index contributed by atoms with van der Waals surface area (Å²) in [6.07, 6.45) is 37.4. The third-order valence-corrected chi connectivity index (χ3v) is 32.5. The Morgan fingerprint density at radius 3 is 0.893 bits per heavy atom. The molecule has 25 rings (SSSR count). The van der Waals surface area contributed by atoms with Crippen LogP contribution in [0.5, 0.6) is 34.5 Å². The fraction of sp³-hybridized carbons (Fsp3) is 0.414. The van der Waals surface area contributed by atoms with Crippen molar-refractivity contribution in [2.75, 3.05) is 52.4 Å². The van der Waals surface area contributed by atoms with E-state index in [9.17, 15) is 54.1 Å². The predicted octanol–water partition coefficient (Wildman–Crippen LogP) is 16.6. The van der Waals surface area contributed by atoms with Gasteiger partial charge in [-0.1, -0.05) is 105 Å². The minimum Gasteiger partial charge on any atom is -0.531 e. The van der Waals surface area contributed by atoms with E-state index in [1.54, 1.807) is 74.0 Å². The van der Waals surface area contributed by atoms with Crippen molar-refractivity contribution in [1.82, 2.24) is 79.4 Å². The maximum atomic E-state index is 12.4. The van der Waals surface area contributed by atoms with E-state index in [1.165, 1.54) is 37.7 Å². The van der Waals surface area contributed by atoms with Crippen LogP contribution in [0.2, 0.25) is 0 Å². The van der Waals surface area contributed by atoms with Crippen LogP contribution in [-0.2, 0) is 19.2 Å². The minimum atomic E-state index is -0.982. The maximum absolute atomic E-state index is 12.4. The van der Waals surface area contributed by atoms with Gasteiger partial charge in [0.15, 0.2) is 5.78 Å². The molecule has 0 radical (unpaired) electrons. The maximum Gasteiger partial charge on any atom is 0.552 e. The molecule has 0 spiro atoms. The number of nitrogens with zero attached hydrogens (tertiary/aromatic N) is 10. The van der Waals surface area contributed by atoms with Crippen LogP contribution in [0.1, 0.15) is 215 Å². The average molecular weight is 2030 g/mol. The lowest BCUT2D eigenvalue weighted by atomic mass is 9.64. The zero-order chi connectivity index (χ0) is 104. The third kappa shape index (κ3) is 21.6. The topological polar surface area (TPSA) is 447 Å². The van der Waals surface area contributed by atoms with E-state index in [0.717, 1.165) is 216 Å². The van der Waals surface area contributed by atoms with Crippen molar-refractivity contribution in [2.45, 2.75) is 171 Å². The average Bonchev–Trinajstić information content (AvgIpc) is 1.54. The summed E-state index contributed by atoms with van der Waals surface area (Å²) < 4.78 is 33.5. The molecule has 12 aliphatic rings. The molecule has 4 saturated heterocycles. The van der Waals surface area contributed by atoms with E-state index in [1.807, 2.05) is 150 Å². The summed E-state index contributed by atoms with van der Waals surface area (Å²) in [5, 5.41) is 66.9. The first-order valence-electron chi connectivity index (χ1n) is 53.6. The summed E-state index contributed by atoms with van der Waals surface area (Å²) >= 11 is 0. The van der Waals surface area contributed by atoms with Crippen molar-refractivity contribution in [1.29, 1.82) is 0 Å². The van der Waals surface area contributed by atoms with Crippen LogP contribution >= 0.6 is 0 Å². The third-order valence-electron chi connectivity index (χ3n) is 32.5. The zero-order valence-corrected chi connectivity index (χ0v) is 86.5. The summed E-state index contributed by atoms with van der Waals surface area (Å²) in [7, 11) is -5.73. The quantitative estimate of drug-likeness (QED) is 0.0297. The molecule has 150 heavy (non-hydrogen) atoms. The molecular formula is C111H130B6N16O17. The van der Waals surface area contributed by atoms with Gasteiger partial charge >= 0.3 is 42.7 Å². The number of ketones is 1. The number of H-pyrrole nitrogens is 6. The van der Waals surface area contributed by atoms with Crippen molar-refractivity contribution in [2.24, 2.45) is 71.0 Å². The summed E-state index contributed by atoms with van der Waals surface area (Å²) in [6, 6.07) is 21.5. The highest BCUT2D eigenvalue weighted by Gasteiger charge is 2.46. The molecule has 4 amide bonds. The standard InChI is InChI=1S/C21H19BN2O3.2C19H24BN3O3.C18H22BN3O3.C17H20BN3O3.C17H21BN2O2/c25-18(14-4-2-1-3-5-14)10-13-8-15(9-13)17-11-22(26)27-19-12-24-21-16(20(17)19)6-7-23-21;2*1-3-4-17(24)23-8-6-12(2)15(11-23)14-9-20(25)26-16-10-22-19-13(18(14)16)5-7-21-19;1-3-16(23)22-7-5-11(2)14(10-22)13-8-19(24)25-15-9-21-18-12(17(13)15)4-6-20-18;1-10-4-6-21(11(2)22)9-14(10)13-7-18(23)24-15-8-20-17-12(16(13)15)3-5-19-17;1-2-3-4-11-7-12(8-11)14-9-18(21)22-15-10-20-17-13(16(14)15)5-6-19-17/h1-7,11-13,15,26H,8-10H2,(H,23,24);2*5,7,9-10,12,15,25H,3-4,6,8,11H2,1-2H3,(H,21,22);4,6,8-9,11,14,24H,3,5,7,10H2,1-2H3,(H,20,21);3,5,7-8,10,14,23H,4,6,9H2,1-2H3,(H,19,20);5-6,9-12,21H,2-4,7-8H2,1H3,(H,19,20)/t;2*12-,15?;11-,14?;10-,14?;/m.1111./s1. The number of rotatable bonds is 17. The summed E-state index contributed by atoms with van der Waals surface area (Å²) in [4.78, 5) is 114. The van der Waals surface area contributed by atoms with Gasteiger partial charge in [0, 0.05) is 217 Å². The van der Waals surface area contributed by atoms with Crippen LogP contribution in [0.15, 0.2) is 177 Å². The van der Waals surface area contributed by atoms with E-state index >= 15 is 0 Å². The highest BCUT2D eigenvalue weighted by atomic mass is 16.5. The summed E-state index contributed by atoms with van der Waals surface area (Å²) in [5.41, 5.74) is 18.4. The number of nitrogens with one attached hydrogen (secondary N) is 6. The first-order valence-corrected chi connectivity index (χ1v) is 53.6. The van der Waals surface area contributed by atoms with E-state index < -0.39 is 42.7 Å². The largest absolute Gasteiger partial charge is 0.552 e. The number of Topliss-reactive ketones (excluding diaryl/α,β-unsaturated/α-hetero) is 1. The zero-order valence-electron chi connectivity index (χ0n) is 86.5. The fourth-order valence-corrected chi connectivity index (χ4v) is 24.3. The van der Waals surface area contributed by atoms with E-state index in [2.05, 4.69) is 94.4 Å². The first-order chi connectivity index (χ1) is 72.7. The number of likely N-dealkylation sites (tertiary alicyclic amines) is 4. The van der Waals surface area contributed by atoms with Gasteiger partial charge in [0.1, 0.15) is 68.4 Å². The molecule has 13 aromatic rings. The number of carbonyl (C=O) groups excluding carboxylic acids is 5. The number of carbonyl (C=O) groups is 5. The normalized spacial score (nSPS) is 22.9. The number of aromatic amines is 6. The fourth-order valence-electron chi connectivity index (χ4n) is 24.3. The minimum absolute atomic E-state index is 0.0989. The SMILES string of the molecule is CC(=O)N1CC[C@@H](C)C(C2=CB(O)Oc3cnc4[nH]ccc4c32)C1.CCC(=O)N1CC[C@@H](C)C(C2=CB(O)Oc3cnc4[nH]ccc4c32)C1.CCCC(=O)N1CC[C@@H](C)C(C2=CB(O)Oc3cnc4[nH]ccc4c32)C1.CCCC(=O)N1CC[C@@H](C)C(C2=CB(O)Oc3cnc4[nH]ccc4c32)C1.CCCCC1CC(C2=CB(O)Oc3cnc4[nH]ccc4c32)C1.O=C(CC1CC(C2=CB(O)Oc3cnc4[nH]ccc4c32)C1)c1ccccc1. The number of piperidine rings is 4. The van der Waals surface area contributed by atoms with Crippen LogP contribution in [0, 0.1) is 71.0 Å². The van der Waals surface area contributed by atoms with E-state index in [4.69, 9.17) is 27.9 Å². The second-order valence-electron chi connectivity index (χ2n) is 42.2. The molecule has 12 N–H and O–H groups in total. The van der Waals surface area contributed by atoms with Gasteiger partial charge < -0.3 is 108 Å². The number of benzene rings is 1. The Bertz CT molecular complexity index is 7230. The summed E-state index contributed by atoms with van der Waals surface area (Å²) in [6.45, 7) is 24.7. The number of pyridine rings is 6. The molecule has 10 aliphatic heterocycles. The Hall–Kier alpha value is -13.7. The number of allylic oxidation sites excluding steroid dienone is 2. The van der Waals surface area contributed by atoms with Crippen LogP contribution in [0.3, 0.4) is 0 Å². The van der Waals surface area contributed by atoms with Crippen LogP contribution in [0.25, 0.3) is 99.6 Å². The lowest BCUT2D eigenvalue weighted by molar-refractivity contribution is -0.134. The molecule has 12 aromatic heterocycles. The lowest BCUT2D eigenvalue weighted by Gasteiger charge is -2.40. The molecule has 39 heteroatoms. The molecule has 1 aromatic carbocycles. The second kappa shape index (κ2) is 45.2. The van der Waals surface area contributed by atoms with Gasteiger partial charge in [-0.25, -0.2) is 29.9 Å². The molecule has 2 aliphatic carbocycles. The van der Waals surface area contributed by atoms with Crippen LogP contribution in [-0.4, -0.2) is 234 Å². The Balaban J connectivity index is 0.000000109.